The predicted molar refractivity (Wildman–Crippen MR) is 94.3 cm³/mol. The number of hydrogen-bond donors (Lipinski definition) is 0. The summed E-state index contributed by atoms with van der Waals surface area (Å²) in [6.07, 6.45) is 7.08. The van der Waals surface area contributed by atoms with E-state index in [9.17, 15) is 0 Å². The molecular formula is C20H30O3. The molecule has 1 aliphatic heterocycles. The molecule has 1 aromatic rings. The van der Waals surface area contributed by atoms with E-state index in [2.05, 4.69) is 33.8 Å². The maximum atomic E-state index is 5.83. The van der Waals surface area contributed by atoms with Crippen molar-refractivity contribution < 1.29 is 14.2 Å². The zero-order valence-electron chi connectivity index (χ0n) is 14.9. The fourth-order valence-electron chi connectivity index (χ4n) is 2.83. The van der Waals surface area contributed by atoms with E-state index < -0.39 is 0 Å². The molecule has 0 N–H and O–H groups in total. The lowest BCUT2D eigenvalue weighted by Crippen LogP contribution is -2.04. The van der Waals surface area contributed by atoms with E-state index in [1.165, 1.54) is 24.8 Å². The summed E-state index contributed by atoms with van der Waals surface area (Å²) in [4.78, 5) is 0. The van der Waals surface area contributed by atoms with Gasteiger partial charge in [-0.2, -0.15) is 0 Å². The van der Waals surface area contributed by atoms with Crippen LogP contribution in [0.5, 0.6) is 17.2 Å². The Morgan fingerprint density at radius 2 is 1.96 bits per heavy atom. The summed E-state index contributed by atoms with van der Waals surface area (Å²) in [5.41, 5.74) is 1.52. The minimum atomic E-state index is 0.305. The van der Waals surface area contributed by atoms with Gasteiger partial charge in [-0.1, -0.05) is 32.4 Å². The molecule has 3 heteroatoms. The van der Waals surface area contributed by atoms with Crippen molar-refractivity contribution in [3.05, 3.63) is 29.8 Å². The van der Waals surface area contributed by atoms with Crippen LogP contribution in [0.25, 0.3) is 0 Å². The Hall–Kier alpha value is -1.64. The van der Waals surface area contributed by atoms with E-state index in [-0.39, 0.29) is 0 Å². The number of hydrogen-bond acceptors (Lipinski definition) is 3. The average molecular weight is 318 g/mol. The number of allylic oxidation sites excluding steroid dienone is 2. The van der Waals surface area contributed by atoms with Gasteiger partial charge in [0.25, 0.3) is 0 Å². The van der Waals surface area contributed by atoms with Gasteiger partial charge in [-0.15, -0.1) is 0 Å². The summed E-state index contributed by atoms with van der Waals surface area (Å²) in [5.74, 6) is 3.86. The first-order valence-corrected chi connectivity index (χ1v) is 8.72. The van der Waals surface area contributed by atoms with Crippen LogP contribution >= 0.6 is 0 Å². The van der Waals surface area contributed by atoms with Gasteiger partial charge in [0, 0.05) is 6.07 Å². The van der Waals surface area contributed by atoms with E-state index in [1.807, 2.05) is 18.2 Å². The second-order valence-corrected chi connectivity index (χ2v) is 6.98. The molecule has 1 atom stereocenters. The summed E-state index contributed by atoms with van der Waals surface area (Å²) < 4.78 is 16.5. The number of ether oxygens (including phenoxy) is 3. The topological polar surface area (TPSA) is 27.7 Å². The molecule has 0 amide bonds. The first-order chi connectivity index (χ1) is 11.0. The summed E-state index contributed by atoms with van der Waals surface area (Å²) in [6.45, 7) is 10.1. The van der Waals surface area contributed by atoms with Crippen molar-refractivity contribution in [1.82, 2.24) is 0 Å². The summed E-state index contributed by atoms with van der Waals surface area (Å²) >= 11 is 0. The molecule has 0 saturated heterocycles. The van der Waals surface area contributed by atoms with Gasteiger partial charge in [0.15, 0.2) is 11.5 Å². The summed E-state index contributed by atoms with van der Waals surface area (Å²) in [7, 11) is 0. The lowest BCUT2D eigenvalue weighted by Gasteiger charge is -2.12. The van der Waals surface area contributed by atoms with Gasteiger partial charge in [-0.05, 0) is 56.6 Å². The quantitative estimate of drug-likeness (QED) is 0.555. The lowest BCUT2D eigenvalue weighted by atomic mass is 9.99. The standard InChI is InChI=1S/C20H30O3/c1-15(2)12-17(4)7-5-6-16(3)10-11-21-18-8-9-19-20(13-18)23-14-22-19/h7-9,13,15-16H,5-6,10-12,14H2,1-4H3. The lowest BCUT2D eigenvalue weighted by molar-refractivity contribution is 0.173. The smallest absolute Gasteiger partial charge is 0.231 e. The highest BCUT2D eigenvalue weighted by Crippen LogP contribution is 2.35. The van der Waals surface area contributed by atoms with E-state index >= 15 is 0 Å². The summed E-state index contributed by atoms with van der Waals surface area (Å²) in [6, 6.07) is 5.75. The maximum absolute atomic E-state index is 5.83. The SMILES string of the molecule is CC(=CCCC(C)CCOc1ccc2c(c1)OCO2)CC(C)C. The molecule has 1 unspecified atom stereocenters. The molecule has 3 nitrogen and oxygen atoms in total. The highest BCUT2D eigenvalue weighted by molar-refractivity contribution is 5.46. The number of benzene rings is 1. The largest absolute Gasteiger partial charge is 0.493 e. The van der Waals surface area contributed by atoms with Crippen molar-refractivity contribution in [2.75, 3.05) is 13.4 Å². The number of rotatable bonds is 9. The molecule has 0 saturated carbocycles. The zero-order chi connectivity index (χ0) is 16.7. The van der Waals surface area contributed by atoms with Crippen LogP contribution in [0.4, 0.5) is 0 Å². The van der Waals surface area contributed by atoms with Crippen LogP contribution in [-0.2, 0) is 0 Å². The van der Waals surface area contributed by atoms with Crippen LogP contribution in [0, 0.1) is 11.8 Å². The Labute approximate surface area is 140 Å². The van der Waals surface area contributed by atoms with Crippen LogP contribution in [0.3, 0.4) is 0 Å². The molecule has 1 aromatic carbocycles. The predicted octanol–water partition coefficient (Wildman–Crippen LogP) is 5.59. The van der Waals surface area contributed by atoms with Gasteiger partial charge in [0.05, 0.1) is 6.61 Å². The Kier molecular flexibility index (Phi) is 6.82. The van der Waals surface area contributed by atoms with E-state index in [0.29, 0.717) is 12.7 Å². The van der Waals surface area contributed by atoms with Crippen LogP contribution in [0.2, 0.25) is 0 Å². The van der Waals surface area contributed by atoms with Crippen molar-refractivity contribution in [1.29, 1.82) is 0 Å². The van der Waals surface area contributed by atoms with Crippen LogP contribution < -0.4 is 14.2 Å². The van der Waals surface area contributed by atoms with Gasteiger partial charge in [0.2, 0.25) is 6.79 Å². The van der Waals surface area contributed by atoms with Crippen molar-refractivity contribution in [3.63, 3.8) is 0 Å². The van der Waals surface area contributed by atoms with Gasteiger partial charge >= 0.3 is 0 Å². The fourth-order valence-corrected chi connectivity index (χ4v) is 2.83. The highest BCUT2D eigenvalue weighted by atomic mass is 16.7. The molecule has 0 spiro atoms. The van der Waals surface area contributed by atoms with Gasteiger partial charge in [-0.3, -0.25) is 0 Å². The maximum Gasteiger partial charge on any atom is 0.231 e. The molecule has 1 heterocycles. The Bertz CT molecular complexity index is 520. The van der Waals surface area contributed by atoms with Crippen LogP contribution in [0.1, 0.15) is 53.4 Å². The van der Waals surface area contributed by atoms with Crippen molar-refractivity contribution in [3.8, 4) is 17.2 Å². The normalized spacial score (nSPS) is 15.1. The molecule has 1 aliphatic rings. The minimum absolute atomic E-state index is 0.305. The van der Waals surface area contributed by atoms with Gasteiger partial charge in [0.1, 0.15) is 5.75 Å². The zero-order valence-corrected chi connectivity index (χ0v) is 14.9. The second kappa shape index (κ2) is 8.85. The second-order valence-electron chi connectivity index (χ2n) is 6.98. The van der Waals surface area contributed by atoms with Crippen LogP contribution in [0.15, 0.2) is 29.8 Å². The van der Waals surface area contributed by atoms with Gasteiger partial charge < -0.3 is 14.2 Å². The number of fused-ring (bicyclic) bond motifs is 1. The molecule has 2 rings (SSSR count). The van der Waals surface area contributed by atoms with E-state index in [0.717, 1.165) is 36.2 Å². The average Bonchev–Trinajstić information content (AvgIpc) is 2.94. The van der Waals surface area contributed by atoms with Crippen LogP contribution in [-0.4, -0.2) is 13.4 Å². The Morgan fingerprint density at radius 3 is 2.74 bits per heavy atom. The van der Waals surface area contributed by atoms with E-state index in [1.54, 1.807) is 0 Å². The molecule has 0 bridgehead atoms. The molecule has 23 heavy (non-hydrogen) atoms. The first kappa shape index (κ1) is 17.7. The third-order valence-electron chi connectivity index (χ3n) is 4.11. The third kappa shape index (κ3) is 6.17. The molecular weight excluding hydrogens is 288 g/mol. The molecule has 0 aromatic heterocycles. The highest BCUT2D eigenvalue weighted by Gasteiger charge is 2.13. The van der Waals surface area contributed by atoms with Crippen molar-refractivity contribution in [2.24, 2.45) is 11.8 Å². The third-order valence-corrected chi connectivity index (χ3v) is 4.11. The fraction of sp³-hybridized carbons (Fsp3) is 0.600. The molecule has 0 fully saturated rings. The van der Waals surface area contributed by atoms with Crippen molar-refractivity contribution in [2.45, 2.75) is 53.4 Å². The monoisotopic (exact) mass is 318 g/mol. The molecule has 0 aliphatic carbocycles. The van der Waals surface area contributed by atoms with E-state index in [4.69, 9.17) is 14.2 Å². The van der Waals surface area contributed by atoms with Crippen molar-refractivity contribution >= 4 is 0 Å². The Morgan fingerprint density at radius 1 is 1.17 bits per heavy atom. The first-order valence-electron chi connectivity index (χ1n) is 8.72. The Balaban J connectivity index is 1.64. The molecule has 0 radical (unpaired) electrons. The van der Waals surface area contributed by atoms with Gasteiger partial charge in [-0.25, -0.2) is 0 Å². The molecule has 128 valence electrons. The summed E-state index contributed by atoms with van der Waals surface area (Å²) in [5, 5.41) is 0. The minimum Gasteiger partial charge on any atom is -0.493 e.